The molecule has 0 atom stereocenters. The van der Waals surface area contributed by atoms with Crippen molar-refractivity contribution >= 4 is 16.8 Å². The minimum Gasteiger partial charge on any atom is -0.497 e. The quantitative estimate of drug-likeness (QED) is 0.799. The van der Waals surface area contributed by atoms with Crippen molar-refractivity contribution in [1.29, 1.82) is 0 Å². The van der Waals surface area contributed by atoms with E-state index in [1.807, 2.05) is 6.07 Å². The molecule has 6 nitrogen and oxygen atoms in total. The Balaban J connectivity index is 1.82. The number of para-hydroxylation sites is 1. The summed E-state index contributed by atoms with van der Waals surface area (Å²) in [6, 6.07) is 14.0. The Morgan fingerprint density at radius 1 is 1.17 bits per heavy atom. The Hall–Kier alpha value is -3.15. The number of amides is 1. The second kappa shape index (κ2) is 6.54. The van der Waals surface area contributed by atoms with Crippen molar-refractivity contribution in [3.8, 4) is 5.75 Å². The molecule has 1 N–H and O–H groups in total. The van der Waals surface area contributed by atoms with Crippen LogP contribution in [0.5, 0.6) is 5.75 Å². The van der Waals surface area contributed by atoms with Crippen molar-refractivity contribution in [1.82, 2.24) is 14.9 Å². The van der Waals surface area contributed by atoms with E-state index in [1.54, 1.807) is 56.6 Å². The first-order valence-corrected chi connectivity index (χ1v) is 7.46. The van der Waals surface area contributed by atoms with E-state index in [0.29, 0.717) is 28.0 Å². The summed E-state index contributed by atoms with van der Waals surface area (Å²) in [5, 5.41) is 0.533. The number of H-pyrrole nitrogens is 1. The number of methoxy groups -OCH3 is 1. The highest BCUT2D eigenvalue weighted by Gasteiger charge is 2.14. The number of benzene rings is 2. The van der Waals surface area contributed by atoms with Crippen molar-refractivity contribution in [2.75, 3.05) is 14.2 Å². The molecule has 0 saturated heterocycles. The zero-order valence-electron chi connectivity index (χ0n) is 13.4. The molecule has 0 aliphatic carbocycles. The van der Waals surface area contributed by atoms with E-state index in [-0.39, 0.29) is 18.0 Å². The van der Waals surface area contributed by atoms with Gasteiger partial charge in [0.25, 0.3) is 11.5 Å². The lowest BCUT2D eigenvalue weighted by Gasteiger charge is -2.17. The summed E-state index contributed by atoms with van der Waals surface area (Å²) in [7, 11) is 3.24. The van der Waals surface area contributed by atoms with Gasteiger partial charge in [0, 0.05) is 12.6 Å². The maximum atomic E-state index is 12.5. The van der Waals surface area contributed by atoms with Crippen molar-refractivity contribution in [2.24, 2.45) is 0 Å². The van der Waals surface area contributed by atoms with Gasteiger partial charge in [-0.1, -0.05) is 12.1 Å². The number of aromatic nitrogens is 2. The van der Waals surface area contributed by atoms with E-state index < -0.39 is 0 Å². The van der Waals surface area contributed by atoms with E-state index in [9.17, 15) is 9.59 Å². The van der Waals surface area contributed by atoms with Gasteiger partial charge in [-0.25, -0.2) is 4.98 Å². The maximum absolute atomic E-state index is 12.5. The third-order valence-corrected chi connectivity index (χ3v) is 3.73. The first-order chi connectivity index (χ1) is 11.6. The van der Waals surface area contributed by atoms with Crippen LogP contribution in [0.2, 0.25) is 0 Å². The molecule has 3 rings (SSSR count). The Kier molecular flexibility index (Phi) is 4.29. The molecule has 0 bridgehead atoms. The number of rotatable bonds is 4. The fourth-order valence-corrected chi connectivity index (χ4v) is 2.46. The minimum absolute atomic E-state index is 0.159. The molecule has 0 aliphatic heterocycles. The SMILES string of the molecule is COc1ccc(C(=O)N(C)Cc2nc3ccccc3c(=O)[nH]2)cc1. The lowest BCUT2D eigenvalue weighted by molar-refractivity contribution is 0.0781. The molecule has 1 heterocycles. The number of hydrogen-bond donors (Lipinski definition) is 1. The maximum Gasteiger partial charge on any atom is 0.258 e. The van der Waals surface area contributed by atoms with E-state index in [1.165, 1.54) is 4.90 Å². The predicted octanol–water partition coefficient (Wildman–Crippen LogP) is 2.20. The lowest BCUT2D eigenvalue weighted by atomic mass is 10.2. The van der Waals surface area contributed by atoms with Crippen LogP contribution in [0.25, 0.3) is 10.9 Å². The summed E-state index contributed by atoms with van der Waals surface area (Å²) in [4.78, 5) is 33.2. The summed E-state index contributed by atoms with van der Waals surface area (Å²) in [5.41, 5.74) is 0.948. The highest BCUT2D eigenvalue weighted by molar-refractivity contribution is 5.94. The molecule has 0 radical (unpaired) electrons. The van der Waals surface area contributed by atoms with Crippen LogP contribution in [0.4, 0.5) is 0 Å². The third kappa shape index (κ3) is 3.12. The van der Waals surface area contributed by atoms with E-state index in [0.717, 1.165) is 0 Å². The fraction of sp³-hybridized carbons (Fsp3) is 0.167. The Morgan fingerprint density at radius 3 is 2.58 bits per heavy atom. The highest BCUT2D eigenvalue weighted by atomic mass is 16.5. The average molecular weight is 323 g/mol. The molecule has 2 aromatic carbocycles. The largest absolute Gasteiger partial charge is 0.497 e. The third-order valence-electron chi connectivity index (χ3n) is 3.73. The molecule has 122 valence electrons. The van der Waals surface area contributed by atoms with Crippen LogP contribution in [0.1, 0.15) is 16.2 Å². The molecular formula is C18H17N3O3. The fourth-order valence-electron chi connectivity index (χ4n) is 2.46. The topological polar surface area (TPSA) is 75.3 Å². The molecule has 3 aromatic rings. The number of nitrogens with zero attached hydrogens (tertiary/aromatic N) is 2. The standard InChI is InChI=1S/C18H17N3O3/c1-21(18(23)12-7-9-13(24-2)10-8-12)11-16-19-15-6-4-3-5-14(15)17(22)20-16/h3-10H,11H2,1-2H3,(H,19,20,22). The molecule has 6 heteroatoms. The molecule has 1 amide bonds. The number of hydrogen-bond acceptors (Lipinski definition) is 4. The molecule has 24 heavy (non-hydrogen) atoms. The number of ether oxygens (including phenoxy) is 1. The molecule has 0 aliphatic rings. The van der Waals surface area contributed by atoms with Crippen LogP contribution < -0.4 is 10.3 Å². The van der Waals surface area contributed by atoms with Crippen molar-refractivity contribution in [3.05, 3.63) is 70.3 Å². The number of aromatic amines is 1. The lowest BCUT2D eigenvalue weighted by Crippen LogP contribution is -2.28. The summed E-state index contributed by atoms with van der Waals surface area (Å²) in [6.07, 6.45) is 0. The zero-order chi connectivity index (χ0) is 17.1. The summed E-state index contributed by atoms with van der Waals surface area (Å²) in [6.45, 7) is 0.213. The van der Waals surface area contributed by atoms with Crippen LogP contribution in [0.3, 0.4) is 0 Å². The number of fused-ring (bicyclic) bond motifs is 1. The van der Waals surface area contributed by atoms with Crippen molar-refractivity contribution in [3.63, 3.8) is 0 Å². The van der Waals surface area contributed by atoms with Gasteiger partial charge < -0.3 is 14.6 Å². The van der Waals surface area contributed by atoms with Crippen LogP contribution in [-0.4, -0.2) is 34.9 Å². The minimum atomic E-state index is -0.208. The number of nitrogens with one attached hydrogen (secondary N) is 1. The van der Waals surface area contributed by atoms with Gasteiger partial charge >= 0.3 is 0 Å². The van der Waals surface area contributed by atoms with Crippen LogP contribution in [-0.2, 0) is 6.54 Å². The van der Waals surface area contributed by atoms with Crippen molar-refractivity contribution in [2.45, 2.75) is 6.54 Å². The van der Waals surface area contributed by atoms with Gasteiger partial charge in [0.1, 0.15) is 11.6 Å². The molecule has 1 aromatic heterocycles. The molecule has 0 unspecified atom stereocenters. The smallest absolute Gasteiger partial charge is 0.258 e. The normalized spacial score (nSPS) is 10.6. The van der Waals surface area contributed by atoms with Gasteiger partial charge in [0.15, 0.2) is 0 Å². The molecular weight excluding hydrogens is 306 g/mol. The van der Waals surface area contributed by atoms with Gasteiger partial charge in [0.05, 0.1) is 24.6 Å². The summed E-state index contributed by atoms with van der Waals surface area (Å²) in [5.74, 6) is 0.978. The number of carbonyl (C=O) groups is 1. The van der Waals surface area contributed by atoms with Gasteiger partial charge in [0.2, 0.25) is 0 Å². The first kappa shape index (κ1) is 15.7. The van der Waals surface area contributed by atoms with E-state index in [2.05, 4.69) is 9.97 Å². The van der Waals surface area contributed by atoms with Gasteiger partial charge in [-0.3, -0.25) is 9.59 Å². The molecule has 0 saturated carbocycles. The second-order valence-corrected chi connectivity index (χ2v) is 5.42. The predicted molar refractivity (Wildman–Crippen MR) is 91.2 cm³/mol. The Morgan fingerprint density at radius 2 is 1.88 bits per heavy atom. The van der Waals surface area contributed by atoms with Gasteiger partial charge in [-0.2, -0.15) is 0 Å². The summed E-state index contributed by atoms with van der Waals surface area (Å²) < 4.78 is 5.08. The van der Waals surface area contributed by atoms with Crippen molar-refractivity contribution < 1.29 is 9.53 Å². The summed E-state index contributed by atoms with van der Waals surface area (Å²) >= 11 is 0. The molecule has 0 spiro atoms. The number of carbonyl (C=O) groups excluding carboxylic acids is 1. The average Bonchev–Trinajstić information content (AvgIpc) is 2.61. The van der Waals surface area contributed by atoms with Gasteiger partial charge in [-0.15, -0.1) is 0 Å². The monoisotopic (exact) mass is 323 g/mol. The Labute approximate surface area is 138 Å². The van der Waals surface area contributed by atoms with Crippen LogP contribution in [0, 0.1) is 0 Å². The van der Waals surface area contributed by atoms with Crippen LogP contribution >= 0.6 is 0 Å². The van der Waals surface area contributed by atoms with E-state index >= 15 is 0 Å². The Bertz CT molecular complexity index is 932. The molecule has 0 fully saturated rings. The van der Waals surface area contributed by atoms with Gasteiger partial charge in [-0.05, 0) is 36.4 Å². The second-order valence-electron chi connectivity index (χ2n) is 5.42. The zero-order valence-corrected chi connectivity index (χ0v) is 13.4. The van der Waals surface area contributed by atoms with E-state index in [4.69, 9.17) is 4.74 Å². The van der Waals surface area contributed by atoms with Crippen LogP contribution in [0.15, 0.2) is 53.3 Å². The highest BCUT2D eigenvalue weighted by Crippen LogP contribution is 2.13. The first-order valence-electron chi connectivity index (χ1n) is 7.46.